The molecule has 0 atom stereocenters. The van der Waals surface area contributed by atoms with E-state index < -0.39 is 0 Å². The standard InChI is InChI=1S/C17H26N4O2/c1-2-18-17(19-13-14-5-3-6-14)21-10-8-20(9-11-21)16(22)15-7-4-12-23-15/h4,7,12,14H,2-3,5-6,8-11,13H2,1H3,(H,18,19). The van der Waals surface area contributed by atoms with Crippen molar-refractivity contribution in [2.45, 2.75) is 26.2 Å². The monoisotopic (exact) mass is 318 g/mol. The minimum Gasteiger partial charge on any atom is -0.459 e. The maximum absolute atomic E-state index is 12.3. The number of piperazine rings is 1. The Morgan fingerprint density at radius 3 is 2.61 bits per heavy atom. The highest BCUT2D eigenvalue weighted by Gasteiger charge is 2.25. The first-order valence-electron chi connectivity index (χ1n) is 8.64. The number of rotatable bonds is 4. The van der Waals surface area contributed by atoms with E-state index >= 15 is 0 Å². The van der Waals surface area contributed by atoms with Gasteiger partial charge in [0, 0.05) is 39.3 Å². The van der Waals surface area contributed by atoms with Gasteiger partial charge in [-0.1, -0.05) is 6.42 Å². The Morgan fingerprint density at radius 2 is 2.04 bits per heavy atom. The fourth-order valence-electron chi connectivity index (χ4n) is 2.99. The van der Waals surface area contributed by atoms with Crippen LogP contribution in [0.5, 0.6) is 0 Å². The molecule has 1 aromatic rings. The fraction of sp³-hybridized carbons (Fsp3) is 0.647. The summed E-state index contributed by atoms with van der Waals surface area (Å²) in [6.07, 6.45) is 5.52. The largest absolute Gasteiger partial charge is 0.459 e. The summed E-state index contributed by atoms with van der Waals surface area (Å²) in [4.78, 5) is 21.2. The van der Waals surface area contributed by atoms with Gasteiger partial charge in [0.1, 0.15) is 0 Å². The first kappa shape index (κ1) is 15.9. The normalized spacial score (nSPS) is 19.6. The second-order valence-corrected chi connectivity index (χ2v) is 6.25. The summed E-state index contributed by atoms with van der Waals surface area (Å²) < 4.78 is 5.20. The Balaban J connectivity index is 1.54. The summed E-state index contributed by atoms with van der Waals surface area (Å²) in [6, 6.07) is 3.47. The van der Waals surface area contributed by atoms with Gasteiger partial charge in [-0.25, -0.2) is 0 Å². The zero-order valence-corrected chi connectivity index (χ0v) is 13.8. The van der Waals surface area contributed by atoms with E-state index in [-0.39, 0.29) is 5.91 Å². The molecule has 0 bridgehead atoms. The van der Waals surface area contributed by atoms with Crippen LogP contribution in [0.4, 0.5) is 0 Å². The van der Waals surface area contributed by atoms with Crippen molar-refractivity contribution in [2.75, 3.05) is 39.3 Å². The van der Waals surface area contributed by atoms with Crippen molar-refractivity contribution < 1.29 is 9.21 Å². The lowest BCUT2D eigenvalue weighted by molar-refractivity contribution is 0.0657. The van der Waals surface area contributed by atoms with Crippen molar-refractivity contribution in [1.82, 2.24) is 15.1 Å². The highest BCUT2D eigenvalue weighted by Crippen LogP contribution is 2.26. The van der Waals surface area contributed by atoms with E-state index in [9.17, 15) is 4.79 Å². The van der Waals surface area contributed by atoms with E-state index in [1.807, 2.05) is 4.90 Å². The molecule has 1 amide bonds. The van der Waals surface area contributed by atoms with Crippen LogP contribution in [0.1, 0.15) is 36.7 Å². The molecule has 6 heteroatoms. The number of nitrogens with zero attached hydrogens (tertiary/aromatic N) is 3. The highest BCUT2D eigenvalue weighted by atomic mass is 16.3. The van der Waals surface area contributed by atoms with Crippen LogP contribution in [0.3, 0.4) is 0 Å². The smallest absolute Gasteiger partial charge is 0.289 e. The van der Waals surface area contributed by atoms with E-state index in [1.165, 1.54) is 19.3 Å². The maximum Gasteiger partial charge on any atom is 0.289 e. The molecule has 0 unspecified atom stereocenters. The maximum atomic E-state index is 12.3. The van der Waals surface area contributed by atoms with Crippen LogP contribution in [0.2, 0.25) is 0 Å². The number of amides is 1. The molecule has 1 N–H and O–H groups in total. The van der Waals surface area contributed by atoms with Crippen LogP contribution in [-0.2, 0) is 0 Å². The molecule has 1 aliphatic heterocycles. The molecule has 3 rings (SSSR count). The second-order valence-electron chi connectivity index (χ2n) is 6.25. The zero-order valence-electron chi connectivity index (χ0n) is 13.8. The van der Waals surface area contributed by atoms with Gasteiger partial charge in [0.25, 0.3) is 5.91 Å². The summed E-state index contributed by atoms with van der Waals surface area (Å²) >= 11 is 0. The van der Waals surface area contributed by atoms with Crippen molar-refractivity contribution in [2.24, 2.45) is 10.9 Å². The molecule has 1 aliphatic carbocycles. The molecule has 0 radical (unpaired) electrons. The first-order chi connectivity index (χ1) is 11.3. The summed E-state index contributed by atoms with van der Waals surface area (Å²) in [5.41, 5.74) is 0. The summed E-state index contributed by atoms with van der Waals surface area (Å²) in [5, 5.41) is 3.38. The number of carbonyl (C=O) groups excluding carboxylic acids is 1. The van der Waals surface area contributed by atoms with Gasteiger partial charge in [-0.15, -0.1) is 0 Å². The molecule has 126 valence electrons. The third-order valence-corrected chi connectivity index (χ3v) is 4.66. The summed E-state index contributed by atoms with van der Waals surface area (Å²) in [6.45, 7) is 6.91. The van der Waals surface area contributed by atoms with E-state index in [1.54, 1.807) is 18.4 Å². The van der Waals surface area contributed by atoms with Crippen molar-refractivity contribution in [1.29, 1.82) is 0 Å². The van der Waals surface area contributed by atoms with E-state index in [2.05, 4.69) is 17.1 Å². The van der Waals surface area contributed by atoms with E-state index in [0.29, 0.717) is 18.8 Å². The molecule has 2 fully saturated rings. The molecule has 1 saturated carbocycles. The third-order valence-electron chi connectivity index (χ3n) is 4.66. The Kier molecular flexibility index (Phi) is 5.20. The van der Waals surface area contributed by atoms with Crippen molar-refractivity contribution in [3.05, 3.63) is 24.2 Å². The van der Waals surface area contributed by atoms with Crippen LogP contribution in [-0.4, -0.2) is 60.9 Å². The van der Waals surface area contributed by atoms with Crippen LogP contribution in [0.15, 0.2) is 27.8 Å². The van der Waals surface area contributed by atoms with E-state index in [4.69, 9.17) is 9.41 Å². The second kappa shape index (κ2) is 7.53. The number of guanidine groups is 1. The molecule has 0 spiro atoms. The van der Waals surface area contributed by atoms with Crippen LogP contribution < -0.4 is 5.32 Å². The molecule has 23 heavy (non-hydrogen) atoms. The number of nitrogens with one attached hydrogen (secondary N) is 1. The van der Waals surface area contributed by atoms with Gasteiger partial charge in [-0.2, -0.15) is 0 Å². The van der Waals surface area contributed by atoms with Crippen LogP contribution in [0.25, 0.3) is 0 Å². The van der Waals surface area contributed by atoms with Gasteiger partial charge < -0.3 is 19.5 Å². The minimum atomic E-state index is -0.0222. The number of furan rings is 1. The molecule has 2 heterocycles. The Morgan fingerprint density at radius 1 is 1.30 bits per heavy atom. The highest BCUT2D eigenvalue weighted by molar-refractivity contribution is 5.91. The average molecular weight is 318 g/mol. The molecule has 6 nitrogen and oxygen atoms in total. The average Bonchev–Trinajstić information content (AvgIpc) is 3.06. The van der Waals surface area contributed by atoms with Gasteiger partial charge in [0.2, 0.25) is 0 Å². The van der Waals surface area contributed by atoms with Crippen molar-refractivity contribution >= 4 is 11.9 Å². The number of hydrogen-bond acceptors (Lipinski definition) is 3. The fourth-order valence-corrected chi connectivity index (χ4v) is 2.99. The predicted octanol–water partition coefficient (Wildman–Crippen LogP) is 1.80. The first-order valence-corrected chi connectivity index (χ1v) is 8.64. The SMILES string of the molecule is CCNC(=NCC1CCC1)N1CCN(C(=O)c2ccco2)CC1. The van der Waals surface area contributed by atoms with Gasteiger partial charge in [-0.3, -0.25) is 9.79 Å². The number of carbonyl (C=O) groups is 1. The molecule has 1 saturated heterocycles. The predicted molar refractivity (Wildman–Crippen MR) is 89.5 cm³/mol. The van der Waals surface area contributed by atoms with Crippen LogP contribution >= 0.6 is 0 Å². The van der Waals surface area contributed by atoms with Gasteiger partial charge in [0.15, 0.2) is 11.7 Å². The van der Waals surface area contributed by atoms with Crippen LogP contribution in [0, 0.1) is 5.92 Å². The molecule has 2 aliphatic rings. The quantitative estimate of drug-likeness (QED) is 0.679. The molecular formula is C17H26N4O2. The van der Waals surface area contributed by atoms with E-state index in [0.717, 1.165) is 38.1 Å². The molecular weight excluding hydrogens is 292 g/mol. The zero-order chi connectivity index (χ0) is 16.1. The Hall–Kier alpha value is -1.98. The Bertz CT molecular complexity index is 529. The Labute approximate surface area is 137 Å². The topological polar surface area (TPSA) is 61.1 Å². The molecule has 0 aromatic carbocycles. The number of hydrogen-bond donors (Lipinski definition) is 1. The van der Waals surface area contributed by atoms with Gasteiger partial charge >= 0.3 is 0 Å². The van der Waals surface area contributed by atoms with Crippen molar-refractivity contribution in [3.8, 4) is 0 Å². The lowest BCUT2D eigenvalue weighted by atomic mass is 9.86. The van der Waals surface area contributed by atoms with Crippen molar-refractivity contribution in [3.63, 3.8) is 0 Å². The third kappa shape index (κ3) is 3.86. The lowest BCUT2D eigenvalue weighted by Crippen LogP contribution is -2.53. The minimum absolute atomic E-state index is 0.0222. The van der Waals surface area contributed by atoms with Gasteiger partial charge in [0.05, 0.1) is 6.26 Å². The van der Waals surface area contributed by atoms with Gasteiger partial charge in [-0.05, 0) is 37.8 Å². The number of aliphatic imine (C=N–C) groups is 1. The lowest BCUT2D eigenvalue weighted by Gasteiger charge is -2.36. The summed E-state index contributed by atoms with van der Waals surface area (Å²) in [5.74, 6) is 2.16. The summed E-state index contributed by atoms with van der Waals surface area (Å²) in [7, 11) is 0. The molecule has 1 aromatic heterocycles.